The molecule has 120 valence electrons. The molecule has 1 aliphatic rings. The molecule has 1 N–H and O–H groups in total. The molecule has 0 saturated carbocycles. The van der Waals surface area contributed by atoms with Crippen LogP contribution in [0, 0.1) is 0 Å². The molecule has 1 aromatic heterocycles. The molecule has 0 amide bonds. The van der Waals surface area contributed by atoms with E-state index in [1.165, 1.54) is 11.3 Å². The Morgan fingerprint density at radius 2 is 2.19 bits per heavy atom. The third-order valence-electron chi connectivity index (χ3n) is 3.95. The minimum Gasteiger partial charge on any atom is -0.315 e. The highest BCUT2D eigenvalue weighted by Gasteiger charge is 2.34. The van der Waals surface area contributed by atoms with Gasteiger partial charge in [-0.25, -0.2) is 8.42 Å². The molecule has 1 aliphatic heterocycles. The van der Waals surface area contributed by atoms with Crippen LogP contribution < -0.4 is 5.32 Å². The van der Waals surface area contributed by atoms with Gasteiger partial charge in [-0.05, 0) is 44.9 Å². The zero-order chi connectivity index (χ0) is 15.5. The van der Waals surface area contributed by atoms with Crippen molar-refractivity contribution in [2.45, 2.75) is 37.2 Å². The predicted octanol–water partition coefficient (Wildman–Crippen LogP) is 1.57. The van der Waals surface area contributed by atoms with E-state index in [9.17, 15) is 8.42 Å². The van der Waals surface area contributed by atoms with Crippen molar-refractivity contribution in [3.63, 3.8) is 0 Å². The smallest absolute Gasteiger partial charge is 0.244 e. The van der Waals surface area contributed by atoms with Crippen molar-refractivity contribution in [3.05, 3.63) is 16.3 Å². The van der Waals surface area contributed by atoms with Crippen LogP contribution in [0.1, 0.15) is 24.6 Å². The van der Waals surface area contributed by atoms with Gasteiger partial charge in [0.15, 0.2) is 0 Å². The van der Waals surface area contributed by atoms with Crippen molar-refractivity contribution in [2.24, 2.45) is 0 Å². The molecular formula is C14H25N3O2S2. The molecule has 1 atom stereocenters. The highest BCUT2D eigenvalue weighted by Crippen LogP contribution is 2.28. The van der Waals surface area contributed by atoms with Gasteiger partial charge in [0.25, 0.3) is 0 Å². The summed E-state index contributed by atoms with van der Waals surface area (Å²) in [5, 5.41) is 4.91. The number of sulfonamides is 1. The Morgan fingerprint density at radius 3 is 2.86 bits per heavy atom. The summed E-state index contributed by atoms with van der Waals surface area (Å²) in [6.45, 7) is 5.03. The molecule has 2 heterocycles. The Kier molecular flexibility index (Phi) is 5.79. The number of nitrogens with zero attached hydrogens (tertiary/aromatic N) is 2. The second kappa shape index (κ2) is 7.19. The Hall–Kier alpha value is -0.470. The normalized spacial score (nSPS) is 22.3. The van der Waals surface area contributed by atoms with Crippen LogP contribution in [-0.4, -0.2) is 57.4 Å². The summed E-state index contributed by atoms with van der Waals surface area (Å²) < 4.78 is 27.8. The van der Waals surface area contributed by atoms with Gasteiger partial charge < -0.3 is 10.2 Å². The van der Waals surface area contributed by atoms with Gasteiger partial charge >= 0.3 is 0 Å². The minimum atomic E-state index is -3.40. The highest BCUT2D eigenvalue weighted by atomic mass is 32.2. The molecule has 1 saturated heterocycles. The molecule has 5 nitrogen and oxygen atoms in total. The van der Waals surface area contributed by atoms with E-state index in [-0.39, 0.29) is 6.04 Å². The molecule has 1 fully saturated rings. The van der Waals surface area contributed by atoms with Crippen molar-refractivity contribution in [2.75, 3.05) is 33.7 Å². The zero-order valence-corrected chi connectivity index (χ0v) is 14.6. The van der Waals surface area contributed by atoms with E-state index in [0.717, 1.165) is 30.8 Å². The maximum absolute atomic E-state index is 13.1. The Morgan fingerprint density at radius 1 is 1.43 bits per heavy atom. The van der Waals surface area contributed by atoms with E-state index in [1.807, 2.05) is 12.4 Å². The number of rotatable bonds is 5. The van der Waals surface area contributed by atoms with E-state index in [0.29, 0.717) is 18.0 Å². The summed E-state index contributed by atoms with van der Waals surface area (Å²) in [5.41, 5.74) is 0. The van der Waals surface area contributed by atoms with Crippen molar-refractivity contribution in [1.82, 2.24) is 14.5 Å². The van der Waals surface area contributed by atoms with Gasteiger partial charge in [-0.2, -0.15) is 4.31 Å². The lowest BCUT2D eigenvalue weighted by atomic mass is 10.2. The van der Waals surface area contributed by atoms with E-state index < -0.39 is 10.0 Å². The highest BCUT2D eigenvalue weighted by molar-refractivity contribution is 7.89. The third kappa shape index (κ3) is 3.65. The van der Waals surface area contributed by atoms with Crippen LogP contribution in [0.5, 0.6) is 0 Å². The monoisotopic (exact) mass is 331 g/mol. The minimum absolute atomic E-state index is 0.0600. The summed E-state index contributed by atoms with van der Waals surface area (Å²) in [4.78, 5) is 3.60. The first-order valence-electron chi connectivity index (χ1n) is 7.42. The maximum Gasteiger partial charge on any atom is 0.244 e. The van der Waals surface area contributed by atoms with Gasteiger partial charge in [0.2, 0.25) is 10.0 Å². The second-order valence-corrected chi connectivity index (χ2v) is 8.39. The average Bonchev–Trinajstić information content (AvgIpc) is 2.82. The van der Waals surface area contributed by atoms with Gasteiger partial charge in [0, 0.05) is 30.6 Å². The second-order valence-electron chi connectivity index (χ2n) is 5.53. The maximum atomic E-state index is 13.1. The first-order chi connectivity index (χ1) is 10.0. The number of likely N-dealkylation sites (N-methyl/N-ethyl adjacent to an activating group) is 1. The van der Waals surface area contributed by atoms with E-state index in [1.54, 1.807) is 10.4 Å². The average molecular weight is 332 g/mol. The summed E-state index contributed by atoms with van der Waals surface area (Å²) in [6, 6.07) is 1.80. The molecule has 0 spiro atoms. The Labute approximate surface area is 132 Å². The van der Waals surface area contributed by atoms with Crippen molar-refractivity contribution < 1.29 is 8.42 Å². The van der Waals surface area contributed by atoms with Gasteiger partial charge in [-0.1, -0.05) is 6.92 Å². The Balaban J connectivity index is 2.34. The first-order valence-corrected chi connectivity index (χ1v) is 9.74. The standard InChI is InChI=1S/C14H25N3O2S2/c1-4-12-11-16(3)7-5-8-17(12)21(18,19)14-6-9-20-13(14)10-15-2/h6,9,12,15H,4-5,7-8,10-11H2,1-3H3. The predicted molar refractivity (Wildman–Crippen MR) is 87.2 cm³/mol. The number of nitrogens with one attached hydrogen (secondary N) is 1. The first kappa shape index (κ1) is 16.9. The van der Waals surface area contributed by atoms with E-state index >= 15 is 0 Å². The lowest BCUT2D eigenvalue weighted by Gasteiger charge is -2.29. The van der Waals surface area contributed by atoms with Crippen LogP contribution >= 0.6 is 11.3 Å². The van der Waals surface area contributed by atoms with Crippen LogP contribution in [-0.2, 0) is 16.6 Å². The summed E-state index contributed by atoms with van der Waals surface area (Å²) in [6.07, 6.45) is 1.73. The molecule has 7 heteroatoms. The fourth-order valence-corrected chi connectivity index (χ4v) is 6.00. The summed E-state index contributed by atoms with van der Waals surface area (Å²) in [7, 11) is 0.502. The quantitative estimate of drug-likeness (QED) is 0.890. The third-order valence-corrected chi connectivity index (χ3v) is 7.03. The van der Waals surface area contributed by atoms with E-state index in [2.05, 4.69) is 24.2 Å². The SMILES string of the molecule is CCC1CN(C)CCCN1S(=O)(=O)c1ccsc1CNC. The van der Waals surface area contributed by atoms with Gasteiger partial charge in [-0.3, -0.25) is 0 Å². The molecular weight excluding hydrogens is 306 g/mol. The molecule has 21 heavy (non-hydrogen) atoms. The molecule has 0 aliphatic carbocycles. The number of thiophene rings is 1. The van der Waals surface area contributed by atoms with E-state index in [4.69, 9.17) is 0 Å². The zero-order valence-electron chi connectivity index (χ0n) is 13.0. The largest absolute Gasteiger partial charge is 0.315 e. The topological polar surface area (TPSA) is 52.7 Å². The molecule has 0 aromatic carbocycles. The van der Waals surface area contributed by atoms with Gasteiger partial charge in [0.1, 0.15) is 0 Å². The van der Waals surface area contributed by atoms with Crippen LogP contribution in [0.15, 0.2) is 16.3 Å². The van der Waals surface area contributed by atoms with Crippen LogP contribution in [0.4, 0.5) is 0 Å². The fraction of sp³-hybridized carbons (Fsp3) is 0.714. The van der Waals surface area contributed by atoms with Gasteiger partial charge in [0.05, 0.1) is 4.90 Å². The van der Waals surface area contributed by atoms with Crippen molar-refractivity contribution >= 4 is 21.4 Å². The molecule has 1 unspecified atom stereocenters. The summed E-state index contributed by atoms with van der Waals surface area (Å²) in [5.74, 6) is 0. The lowest BCUT2D eigenvalue weighted by molar-refractivity contribution is 0.270. The van der Waals surface area contributed by atoms with Crippen molar-refractivity contribution in [1.29, 1.82) is 0 Å². The van der Waals surface area contributed by atoms with Crippen LogP contribution in [0.3, 0.4) is 0 Å². The number of hydrogen-bond donors (Lipinski definition) is 1. The summed E-state index contributed by atoms with van der Waals surface area (Å²) >= 11 is 1.50. The number of hydrogen-bond acceptors (Lipinski definition) is 5. The van der Waals surface area contributed by atoms with Gasteiger partial charge in [-0.15, -0.1) is 11.3 Å². The fourth-order valence-electron chi connectivity index (χ4n) is 2.84. The van der Waals surface area contributed by atoms with Crippen LogP contribution in [0.25, 0.3) is 0 Å². The molecule has 0 radical (unpaired) electrons. The molecule has 0 bridgehead atoms. The van der Waals surface area contributed by atoms with Crippen molar-refractivity contribution in [3.8, 4) is 0 Å². The Bertz CT molecular complexity index is 556. The lowest BCUT2D eigenvalue weighted by Crippen LogP contribution is -2.43. The van der Waals surface area contributed by atoms with Crippen LogP contribution in [0.2, 0.25) is 0 Å². The molecule has 2 rings (SSSR count). The molecule has 1 aromatic rings.